The van der Waals surface area contributed by atoms with Gasteiger partial charge in [-0.2, -0.15) is 0 Å². The summed E-state index contributed by atoms with van der Waals surface area (Å²) in [5.41, 5.74) is 2.34. The second kappa shape index (κ2) is 15.1. The number of carbonyl (C=O) groups excluding carboxylic acids is 1. The van der Waals surface area contributed by atoms with E-state index >= 15 is 0 Å². The number of thiazole rings is 1. The number of benzene rings is 2. The van der Waals surface area contributed by atoms with Crippen LogP contribution in [0.2, 0.25) is 18.1 Å². The molecule has 0 saturated heterocycles. The molecule has 0 aliphatic heterocycles. The van der Waals surface area contributed by atoms with Crippen LogP contribution in [0.1, 0.15) is 94.3 Å². The van der Waals surface area contributed by atoms with Gasteiger partial charge in [0.15, 0.2) is 8.32 Å². The number of rotatable bonds is 14. The Hall–Kier alpha value is -2.97. The number of aromatic nitrogens is 1. The second-order valence-corrected chi connectivity index (χ2v) is 18.8. The van der Waals surface area contributed by atoms with E-state index in [0.29, 0.717) is 54.5 Å². The number of carbonyl (C=O) groups is 1. The van der Waals surface area contributed by atoms with Gasteiger partial charge in [-0.1, -0.05) is 39.7 Å². The summed E-state index contributed by atoms with van der Waals surface area (Å²) in [6.07, 6.45) is 4.04. The topological polar surface area (TPSA) is 80.5 Å². The summed E-state index contributed by atoms with van der Waals surface area (Å²) in [6.45, 7) is 25.8. The Morgan fingerprint density at radius 1 is 1.07 bits per heavy atom. The van der Waals surface area contributed by atoms with E-state index in [1.54, 1.807) is 24.3 Å². The van der Waals surface area contributed by atoms with Crippen molar-refractivity contribution in [3.8, 4) is 11.5 Å². The molecule has 1 fully saturated rings. The van der Waals surface area contributed by atoms with Crippen molar-refractivity contribution in [2.24, 2.45) is 0 Å². The van der Waals surface area contributed by atoms with Gasteiger partial charge in [0.25, 0.3) is 5.69 Å². The molecule has 0 N–H and O–H groups in total. The number of ether oxygens (including phenoxy) is 4. The molecular weight excluding hydrogens is 605 g/mol. The first-order valence-electron chi connectivity index (χ1n) is 16.1. The van der Waals surface area contributed by atoms with Gasteiger partial charge in [0.2, 0.25) is 0 Å². The summed E-state index contributed by atoms with van der Waals surface area (Å²) in [4.78, 5) is 21.5. The highest BCUT2D eigenvalue weighted by Gasteiger charge is 2.43. The lowest BCUT2D eigenvalue weighted by atomic mass is 10.00. The summed E-state index contributed by atoms with van der Waals surface area (Å²) in [5.74, 6) is 0.594. The smallest absolute Gasteiger partial charge is 0.340 e. The first kappa shape index (κ1) is 34.9. The Morgan fingerprint density at radius 3 is 2.27 bits per heavy atom. The van der Waals surface area contributed by atoms with E-state index < -0.39 is 14.4 Å². The highest BCUT2D eigenvalue weighted by Crippen LogP contribution is 2.46. The third kappa shape index (κ3) is 8.25. The molecular formula is C35H48N2O6SSi. The molecule has 1 aliphatic carbocycles. The maximum Gasteiger partial charge on any atom is 0.340 e. The molecule has 8 nitrogen and oxygen atoms in total. The van der Waals surface area contributed by atoms with Crippen molar-refractivity contribution in [2.75, 3.05) is 19.8 Å². The zero-order valence-electron chi connectivity index (χ0n) is 28.0. The predicted molar refractivity (Wildman–Crippen MR) is 182 cm³/mol. The van der Waals surface area contributed by atoms with E-state index in [2.05, 4.69) is 38.7 Å². The van der Waals surface area contributed by atoms with Gasteiger partial charge < -0.3 is 23.4 Å². The standard InChI is InChI=1S/C35H48N2O6SSi/c1-10-39-26-20-23(21-27(40-11-2)32(26)36-7)33(43-45(8,9)35(4,5)6)28(42-24-16-13-14-17-24)22-30-37-31-25(34(38)41-12-3)18-15-19-29(31)44-30/h15,18-21,24,28,33H,10-14,16-17,22H2,1-6,8-9H3/t28-,33+/m0/s1. The molecule has 1 aliphatic rings. The minimum atomic E-state index is -2.35. The van der Waals surface area contributed by atoms with Crippen molar-refractivity contribution in [2.45, 2.75) is 110 Å². The summed E-state index contributed by atoms with van der Waals surface area (Å²) in [7, 11) is -2.35. The Kier molecular flexibility index (Phi) is 11.7. The van der Waals surface area contributed by atoms with Crippen LogP contribution in [-0.4, -0.2) is 51.3 Å². The molecule has 0 amide bonds. The minimum absolute atomic E-state index is 0.0600. The second-order valence-electron chi connectivity index (χ2n) is 12.9. The third-order valence-electron chi connectivity index (χ3n) is 8.67. The van der Waals surface area contributed by atoms with Crippen LogP contribution in [0.25, 0.3) is 15.1 Å². The van der Waals surface area contributed by atoms with Crippen molar-refractivity contribution in [3.63, 3.8) is 0 Å². The molecule has 1 saturated carbocycles. The number of hydrogen-bond donors (Lipinski definition) is 0. The molecule has 0 bridgehead atoms. The van der Waals surface area contributed by atoms with Gasteiger partial charge >= 0.3 is 5.97 Å². The Morgan fingerprint density at radius 2 is 1.71 bits per heavy atom. The lowest BCUT2D eigenvalue weighted by molar-refractivity contribution is -0.0704. The maximum absolute atomic E-state index is 12.7. The third-order valence-corrected chi connectivity index (χ3v) is 14.2. The average molecular weight is 653 g/mol. The highest BCUT2D eigenvalue weighted by molar-refractivity contribution is 7.18. The van der Waals surface area contributed by atoms with E-state index in [1.807, 2.05) is 38.1 Å². The first-order chi connectivity index (χ1) is 21.4. The number of esters is 1. The molecule has 10 heteroatoms. The zero-order chi connectivity index (χ0) is 32.8. The fourth-order valence-corrected chi connectivity index (χ4v) is 7.70. The fraction of sp³-hybridized carbons (Fsp3) is 0.571. The van der Waals surface area contributed by atoms with Crippen LogP contribution < -0.4 is 9.47 Å². The van der Waals surface area contributed by atoms with Gasteiger partial charge in [-0.15, -0.1) is 11.3 Å². The first-order valence-corrected chi connectivity index (χ1v) is 19.8. The molecule has 0 unspecified atom stereocenters. The Labute approximate surface area is 273 Å². The fourth-order valence-electron chi connectivity index (χ4n) is 5.39. The van der Waals surface area contributed by atoms with Crippen molar-refractivity contribution < 1.29 is 28.2 Å². The monoisotopic (exact) mass is 652 g/mol. The van der Waals surface area contributed by atoms with Crippen LogP contribution in [0.5, 0.6) is 11.5 Å². The molecule has 244 valence electrons. The summed E-state index contributed by atoms with van der Waals surface area (Å²) in [6, 6.07) is 9.49. The van der Waals surface area contributed by atoms with Gasteiger partial charge in [0.05, 0.1) is 65.5 Å². The number of para-hydroxylation sites is 1. The van der Waals surface area contributed by atoms with Crippen molar-refractivity contribution in [1.29, 1.82) is 0 Å². The van der Waals surface area contributed by atoms with E-state index in [-0.39, 0.29) is 23.2 Å². The number of fused-ring (bicyclic) bond motifs is 1. The van der Waals surface area contributed by atoms with E-state index in [4.69, 9.17) is 34.9 Å². The maximum atomic E-state index is 12.7. The molecule has 0 radical (unpaired) electrons. The Balaban J connectivity index is 1.86. The molecule has 2 aromatic carbocycles. The van der Waals surface area contributed by atoms with Gasteiger partial charge in [-0.05, 0) is 81.6 Å². The van der Waals surface area contributed by atoms with Crippen molar-refractivity contribution >= 4 is 41.5 Å². The van der Waals surface area contributed by atoms with Crippen molar-refractivity contribution in [3.05, 3.63) is 57.9 Å². The Bertz CT molecular complexity index is 1480. The molecule has 4 rings (SSSR count). The van der Waals surface area contributed by atoms with Gasteiger partial charge in [-0.3, -0.25) is 0 Å². The predicted octanol–water partition coefficient (Wildman–Crippen LogP) is 9.45. The number of hydrogen-bond acceptors (Lipinski definition) is 8. The summed E-state index contributed by atoms with van der Waals surface area (Å²) in [5, 5.41) is 0.802. The van der Waals surface area contributed by atoms with Crippen LogP contribution in [0.15, 0.2) is 30.3 Å². The van der Waals surface area contributed by atoms with Crippen LogP contribution in [0.3, 0.4) is 0 Å². The lowest BCUT2D eigenvalue weighted by Crippen LogP contribution is -2.45. The van der Waals surface area contributed by atoms with Gasteiger partial charge in [-0.25, -0.2) is 14.6 Å². The van der Waals surface area contributed by atoms with E-state index in [9.17, 15) is 4.79 Å². The van der Waals surface area contributed by atoms with Gasteiger partial charge in [0, 0.05) is 6.42 Å². The minimum Gasteiger partial charge on any atom is -0.505 e. The molecule has 2 atom stereocenters. The van der Waals surface area contributed by atoms with Crippen molar-refractivity contribution in [1.82, 2.24) is 4.98 Å². The van der Waals surface area contributed by atoms with Gasteiger partial charge in [0.1, 0.15) is 11.5 Å². The van der Waals surface area contributed by atoms with Crippen LogP contribution >= 0.6 is 11.3 Å². The molecule has 1 heterocycles. The van der Waals surface area contributed by atoms with E-state index in [0.717, 1.165) is 41.0 Å². The lowest BCUT2D eigenvalue weighted by Gasteiger charge is -2.42. The van der Waals surface area contributed by atoms with Crippen LogP contribution in [0.4, 0.5) is 5.69 Å². The summed E-state index contributed by atoms with van der Waals surface area (Å²) < 4.78 is 32.5. The molecule has 3 aromatic rings. The molecule has 0 spiro atoms. The number of nitrogens with zero attached hydrogens (tertiary/aromatic N) is 2. The molecule has 1 aromatic heterocycles. The van der Waals surface area contributed by atoms with Crippen LogP contribution in [0, 0.1) is 6.57 Å². The molecule has 45 heavy (non-hydrogen) atoms. The SMILES string of the molecule is [C-]#[N+]c1c(OCC)cc([C@@H](O[Si](C)(C)C(C)(C)C)[C@H](Cc2nc3c(C(=O)OCC)cccc3s2)OC2CCCC2)cc1OCC. The quantitative estimate of drug-likeness (QED) is 0.0975. The summed E-state index contributed by atoms with van der Waals surface area (Å²) >= 11 is 1.57. The largest absolute Gasteiger partial charge is 0.505 e. The van der Waals surface area contributed by atoms with E-state index in [1.165, 1.54) is 0 Å². The highest BCUT2D eigenvalue weighted by atomic mass is 32.1. The normalized spacial score (nSPS) is 15.5. The van der Waals surface area contributed by atoms with Crippen LogP contribution in [-0.2, 0) is 20.3 Å². The zero-order valence-corrected chi connectivity index (χ0v) is 29.8. The average Bonchev–Trinajstić information content (AvgIpc) is 3.65.